The lowest BCUT2D eigenvalue weighted by atomic mass is 10.1. The van der Waals surface area contributed by atoms with Crippen LogP contribution in [0.25, 0.3) is 0 Å². The summed E-state index contributed by atoms with van der Waals surface area (Å²) >= 11 is 0. The van der Waals surface area contributed by atoms with Gasteiger partial charge in [0.15, 0.2) is 5.96 Å². The van der Waals surface area contributed by atoms with Gasteiger partial charge in [0.05, 0.1) is 18.9 Å². The molecule has 1 saturated heterocycles. The van der Waals surface area contributed by atoms with E-state index in [0.29, 0.717) is 6.61 Å². The van der Waals surface area contributed by atoms with Crippen molar-refractivity contribution in [2.75, 3.05) is 46.4 Å². The van der Waals surface area contributed by atoms with Gasteiger partial charge >= 0.3 is 0 Å². The first-order valence-corrected chi connectivity index (χ1v) is 8.65. The van der Waals surface area contributed by atoms with E-state index in [0.717, 1.165) is 44.5 Å². The zero-order valence-corrected chi connectivity index (χ0v) is 14.4. The molecule has 0 radical (unpaired) electrons. The minimum absolute atomic E-state index is 0.246. The first-order valence-electron chi connectivity index (χ1n) is 8.65. The van der Waals surface area contributed by atoms with Gasteiger partial charge in [0.25, 0.3) is 0 Å². The van der Waals surface area contributed by atoms with Gasteiger partial charge in [-0.15, -0.1) is 0 Å². The number of aliphatic imine (C=N–C) groups is 1. The first-order chi connectivity index (χ1) is 11.3. The summed E-state index contributed by atoms with van der Waals surface area (Å²) in [5, 5.41) is 6.69. The lowest BCUT2D eigenvalue weighted by Crippen LogP contribution is -2.45. The number of piperidine rings is 1. The van der Waals surface area contributed by atoms with Crippen LogP contribution in [-0.2, 0) is 4.74 Å². The highest BCUT2D eigenvalue weighted by molar-refractivity contribution is 5.79. The lowest BCUT2D eigenvalue weighted by molar-refractivity contribution is 0.145. The molecule has 23 heavy (non-hydrogen) atoms. The molecule has 1 aliphatic rings. The summed E-state index contributed by atoms with van der Waals surface area (Å²) < 4.78 is 11.0. The van der Waals surface area contributed by atoms with Crippen molar-refractivity contribution in [2.45, 2.75) is 32.2 Å². The van der Waals surface area contributed by atoms with Crippen LogP contribution in [0.4, 0.5) is 0 Å². The summed E-state index contributed by atoms with van der Waals surface area (Å²) in [6.07, 6.45) is 5.61. The molecular formula is C17H30N4O2. The maximum Gasteiger partial charge on any atom is 0.191 e. The second-order valence-electron chi connectivity index (χ2n) is 5.70. The van der Waals surface area contributed by atoms with Gasteiger partial charge in [-0.2, -0.15) is 0 Å². The molecule has 6 heteroatoms. The highest BCUT2D eigenvalue weighted by atomic mass is 16.5. The third-order valence-electron chi connectivity index (χ3n) is 4.13. The van der Waals surface area contributed by atoms with Crippen molar-refractivity contribution in [3.8, 4) is 0 Å². The maximum absolute atomic E-state index is 5.67. The van der Waals surface area contributed by atoms with E-state index in [1.165, 1.54) is 19.3 Å². The van der Waals surface area contributed by atoms with Gasteiger partial charge in [-0.05, 0) is 45.0 Å². The maximum atomic E-state index is 5.67. The van der Waals surface area contributed by atoms with Crippen molar-refractivity contribution in [3.05, 3.63) is 24.2 Å². The molecule has 0 aromatic carbocycles. The molecule has 2 heterocycles. The number of rotatable bonds is 8. The fourth-order valence-corrected chi connectivity index (χ4v) is 2.92. The van der Waals surface area contributed by atoms with Gasteiger partial charge in [0.2, 0.25) is 0 Å². The van der Waals surface area contributed by atoms with E-state index < -0.39 is 0 Å². The Bertz CT molecular complexity index is 441. The largest absolute Gasteiger partial charge is 0.468 e. The average Bonchev–Trinajstić information content (AvgIpc) is 3.12. The minimum Gasteiger partial charge on any atom is -0.468 e. The Kier molecular flexibility index (Phi) is 7.97. The zero-order chi connectivity index (χ0) is 16.3. The quantitative estimate of drug-likeness (QED) is 0.435. The van der Waals surface area contributed by atoms with E-state index in [4.69, 9.17) is 9.15 Å². The fraction of sp³-hybridized carbons (Fsp3) is 0.706. The standard InChI is InChI=1S/C17H30N4O2/c1-3-22-13-9-19-17(18-2)20-14-15(16-8-7-12-23-16)21-10-5-4-6-11-21/h7-8,12,15H,3-6,9-11,13-14H2,1-2H3,(H2,18,19,20). The van der Waals surface area contributed by atoms with Crippen LogP contribution in [0, 0.1) is 0 Å². The zero-order valence-electron chi connectivity index (χ0n) is 14.4. The molecule has 0 amide bonds. The number of furan rings is 1. The van der Waals surface area contributed by atoms with Crippen molar-refractivity contribution >= 4 is 5.96 Å². The molecule has 1 fully saturated rings. The SMILES string of the molecule is CCOCCNC(=NC)NCC(c1ccco1)N1CCCCC1. The van der Waals surface area contributed by atoms with Crippen LogP contribution in [0.1, 0.15) is 38.0 Å². The Balaban J connectivity index is 1.87. The molecule has 1 atom stereocenters. The molecule has 6 nitrogen and oxygen atoms in total. The average molecular weight is 322 g/mol. The highest BCUT2D eigenvalue weighted by Gasteiger charge is 2.24. The topological polar surface area (TPSA) is 62.0 Å². The molecular weight excluding hydrogens is 292 g/mol. The second-order valence-corrected chi connectivity index (χ2v) is 5.70. The van der Waals surface area contributed by atoms with E-state index in [1.807, 2.05) is 13.0 Å². The Morgan fingerprint density at radius 2 is 2.17 bits per heavy atom. The third-order valence-corrected chi connectivity index (χ3v) is 4.13. The van der Waals surface area contributed by atoms with Gasteiger partial charge in [0, 0.05) is 26.7 Å². The highest BCUT2D eigenvalue weighted by Crippen LogP contribution is 2.24. The minimum atomic E-state index is 0.246. The van der Waals surface area contributed by atoms with Crippen molar-refractivity contribution in [3.63, 3.8) is 0 Å². The number of ether oxygens (including phenoxy) is 1. The van der Waals surface area contributed by atoms with E-state index in [2.05, 4.69) is 26.6 Å². The van der Waals surface area contributed by atoms with Gasteiger partial charge in [-0.25, -0.2) is 0 Å². The van der Waals surface area contributed by atoms with Gasteiger partial charge in [-0.1, -0.05) is 6.42 Å². The van der Waals surface area contributed by atoms with Crippen LogP contribution in [0.15, 0.2) is 27.8 Å². The van der Waals surface area contributed by atoms with Crippen molar-refractivity contribution in [1.82, 2.24) is 15.5 Å². The van der Waals surface area contributed by atoms with E-state index >= 15 is 0 Å². The van der Waals surface area contributed by atoms with Crippen LogP contribution in [-0.4, -0.2) is 57.3 Å². The number of nitrogens with zero attached hydrogens (tertiary/aromatic N) is 2. The van der Waals surface area contributed by atoms with Crippen LogP contribution >= 0.6 is 0 Å². The summed E-state index contributed by atoms with van der Waals surface area (Å²) in [4.78, 5) is 6.78. The Hall–Kier alpha value is -1.53. The van der Waals surface area contributed by atoms with Crippen LogP contribution < -0.4 is 10.6 Å². The Morgan fingerprint density at radius 3 is 2.83 bits per heavy atom. The molecule has 130 valence electrons. The first kappa shape index (κ1) is 17.8. The van der Waals surface area contributed by atoms with Gasteiger partial charge in [-0.3, -0.25) is 9.89 Å². The van der Waals surface area contributed by atoms with Gasteiger partial charge in [0.1, 0.15) is 5.76 Å². The smallest absolute Gasteiger partial charge is 0.191 e. The number of hydrogen-bond donors (Lipinski definition) is 2. The molecule has 0 spiro atoms. The Morgan fingerprint density at radius 1 is 1.35 bits per heavy atom. The monoisotopic (exact) mass is 322 g/mol. The van der Waals surface area contributed by atoms with Crippen LogP contribution in [0.3, 0.4) is 0 Å². The molecule has 2 rings (SSSR count). The van der Waals surface area contributed by atoms with Gasteiger partial charge < -0.3 is 19.8 Å². The molecule has 1 aliphatic heterocycles. The van der Waals surface area contributed by atoms with Crippen molar-refractivity contribution in [2.24, 2.45) is 4.99 Å². The summed E-state index contributed by atoms with van der Waals surface area (Å²) in [5.74, 6) is 1.82. The third kappa shape index (κ3) is 5.88. The molecule has 1 aromatic heterocycles. The molecule has 0 bridgehead atoms. The molecule has 1 aromatic rings. The summed E-state index contributed by atoms with van der Waals surface area (Å²) in [6.45, 7) is 7.21. The van der Waals surface area contributed by atoms with E-state index in [-0.39, 0.29) is 6.04 Å². The summed E-state index contributed by atoms with van der Waals surface area (Å²) in [5.41, 5.74) is 0. The van der Waals surface area contributed by atoms with Crippen molar-refractivity contribution < 1.29 is 9.15 Å². The van der Waals surface area contributed by atoms with Crippen LogP contribution in [0.5, 0.6) is 0 Å². The predicted octanol–water partition coefficient (Wildman–Crippen LogP) is 2.01. The Labute approximate surface area is 139 Å². The molecule has 2 N–H and O–H groups in total. The summed E-state index contributed by atoms with van der Waals surface area (Å²) in [6, 6.07) is 4.27. The number of nitrogens with one attached hydrogen (secondary N) is 2. The molecule has 0 saturated carbocycles. The van der Waals surface area contributed by atoms with E-state index in [1.54, 1.807) is 13.3 Å². The number of hydrogen-bond acceptors (Lipinski definition) is 4. The van der Waals surface area contributed by atoms with E-state index in [9.17, 15) is 0 Å². The normalized spacial score (nSPS) is 17.9. The fourth-order valence-electron chi connectivity index (χ4n) is 2.92. The lowest BCUT2D eigenvalue weighted by Gasteiger charge is -2.33. The number of guanidine groups is 1. The molecule has 1 unspecified atom stereocenters. The second kappa shape index (κ2) is 10.3. The van der Waals surface area contributed by atoms with Crippen molar-refractivity contribution in [1.29, 1.82) is 0 Å². The van der Waals surface area contributed by atoms with Crippen LogP contribution in [0.2, 0.25) is 0 Å². The number of likely N-dealkylation sites (tertiary alicyclic amines) is 1. The summed E-state index contributed by atoms with van der Waals surface area (Å²) in [7, 11) is 1.79. The predicted molar refractivity (Wildman–Crippen MR) is 92.7 cm³/mol. The molecule has 0 aliphatic carbocycles.